The maximum absolute atomic E-state index is 13.0. The van der Waals surface area contributed by atoms with E-state index in [-0.39, 0.29) is 36.0 Å². The normalized spacial score (nSPS) is 28.3. The van der Waals surface area contributed by atoms with Crippen molar-refractivity contribution in [3.05, 3.63) is 34.9 Å². The topological polar surface area (TPSA) is 76.1 Å². The number of likely N-dealkylation sites (tertiary alicyclic amines) is 2. The van der Waals surface area contributed by atoms with Crippen LogP contribution in [0, 0.1) is 0 Å². The third-order valence-corrected chi connectivity index (χ3v) is 7.37. The van der Waals surface area contributed by atoms with Gasteiger partial charge in [0.1, 0.15) is 6.04 Å². The monoisotopic (exact) mass is 448 g/mol. The second-order valence-corrected chi connectivity index (χ2v) is 9.55. The highest BCUT2D eigenvalue weighted by Gasteiger charge is 2.45. The molecular formula is C23H33ClN4O3. The van der Waals surface area contributed by atoms with Gasteiger partial charge in [0.05, 0.1) is 6.10 Å². The standard InChI is InChI=1S/C23H33ClN4O3/c1-26-18(5-6-21(30)27-10-7-19(29)8-11-27)14-25-23(31)22-20(26)9-12-28(22)15-16-3-2-4-17(24)13-16/h2-4,13,18-20,22,29H,5-12,14-15H2,1H3,(H,25,31)/t18-,20-,22-/m0/s1. The number of fused-ring (bicyclic) bond motifs is 1. The van der Waals surface area contributed by atoms with Crippen LogP contribution in [0.25, 0.3) is 0 Å². The molecule has 0 aliphatic carbocycles. The van der Waals surface area contributed by atoms with Gasteiger partial charge in [-0.3, -0.25) is 19.4 Å². The SMILES string of the molecule is CN1[C@@H](CCC(=O)N2CCC(O)CC2)CNC(=O)[C@@H]2[C@@H]1CCN2Cc1cccc(Cl)c1. The summed E-state index contributed by atoms with van der Waals surface area (Å²) >= 11 is 6.14. The molecule has 0 spiro atoms. The first-order valence-corrected chi connectivity index (χ1v) is 11.7. The molecule has 0 radical (unpaired) electrons. The first-order chi connectivity index (χ1) is 14.9. The molecule has 170 valence electrons. The number of amides is 2. The highest BCUT2D eigenvalue weighted by molar-refractivity contribution is 6.30. The van der Waals surface area contributed by atoms with Gasteiger partial charge in [-0.05, 0) is 50.4 Å². The van der Waals surface area contributed by atoms with Crippen LogP contribution in [0.5, 0.6) is 0 Å². The number of halogens is 1. The number of hydrogen-bond acceptors (Lipinski definition) is 5. The Bertz CT molecular complexity index is 799. The fraction of sp³-hybridized carbons (Fsp3) is 0.652. The van der Waals surface area contributed by atoms with Gasteiger partial charge in [0.15, 0.2) is 0 Å². The number of nitrogens with zero attached hydrogens (tertiary/aromatic N) is 3. The molecule has 0 bridgehead atoms. The van der Waals surface area contributed by atoms with Crippen LogP contribution in [0.3, 0.4) is 0 Å². The van der Waals surface area contributed by atoms with E-state index < -0.39 is 0 Å². The average Bonchev–Trinajstić information content (AvgIpc) is 3.12. The van der Waals surface area contributed by atoms with Crippen molar-refractivity contribution in [1.29, 1.82) is 0 Å². The molecule has 3 aliphatic heterocycles. The summed E-state index contributed by atoms with van der Waals surface area (Å²) in [6.45, 7) is 3.41. The van der Waals surface area contributed by atoms with Gasteiger partial charge in [-0.1, -0.05) is 23.7 Å². The molecular weight excluding hydrogens is 416 g/mol. The minimum atomic E-state index is -0.276. The van der Waals surface area contributed by atoms with E-state index in [1.165, 1.54) is 0 Å². The summed E-state index contributed by atoms with van der Waals surface area (Å²) in [6.07, 6.45) is 3.19. The molecule has 3 aliphatic rings. The quantitative estimate of drug-likeness (QED) is 0.713. The third-order valence-electron chi connectivity index (χ3n) is 7.13. The number of nitrogens with one attached hydrogen (secondary N) is 1. The molecule has 1 aromatic carbocycles. The van der Waals surface area contributed by atoms with Crippen LogP contribution in [0.2, 0.25) is 5.02 Å². The molecule has 7 nitrogen and oxygen atoms in total. The molecule has 3 heterocycles. The molecule has 8 heteroatoms. The Labute approximate surface area is 189 Å². The number of aliphatic hydroxyl groups is 1. The summed E-state index contributed by atoms with van der Waals surface area (Å²) in [7, 11) is 2.09. The van der Waals surface area contributed by atoms with Gasteiger partial charge in [0.2, 0.25) is 11.8 Å². The van der Waals surface area contributed by atoms with Gasteiger partial charge in [0, 0.05) is 56.3 Å². The first-order valence-electron chi connectivity index (χ1n) is 11.4. The molecule has 2 amide bonds. The van der Waals surface area contributed by atoms with E-state index in [0.717, 1.165) is 24.9 Å². The molecule has 0 saturated carbocycles. The van der Waals surface area contributed by atoms with Crippen molar-refractivity contribution in [2.24, 2.45) is 0 Å². The van der Waals surface area contributed by atoms with Crippen LogP contribution in [0.4, 0.5) is 0 Å². The number of hydrogen-bond donors (Lipinski definition) is 2. The number of carbonyl (C=O) groups is 2. The minimum Gasteiger partial charge on any atom is -0.393 e. The van der Waals surface area contributed by atoms with Crippen molar-refractivity contribution >= 4 is 23.4 Å². The van der Waals surface area contributed by atoms with Gasteiger partial charge >= 0.3 is 0 Å². The summed E-state index contributed by atoms with van der Waals surface area (Å²) in [5.41, 5.74) is 1.11. The Balaban J connectivity index is 1.36. The fourth-order valence-electron chi connectivity index (χ4n) is 5.26. The average molecular weight is 449 g/mol. The second-order valence-electron chi connectivity index (χ2n) is 9.12. The van der Waals surface area contributed by atoms with Crippen LogP contribution >= 0.6 is 11.6 Å². The van der Waals surface area contributed by atoms with E-state index in [9.17, 15) is 14.7 Å². The highest BCUT2D eigenvalue weighted by Crippen LogP contribution is 2.29. The van der Waals surface area contributed by atoms with Gasteiger partial charge in [-0.2, -0.15) is 0 Å². The van der Waals surface area contributed by atoms with Crippen LogP contribution in [-0.4, -0.2) is 89.1 Å². The van der Waals surface area contributed by atoms with Crippen LogP contribution in [0.1, 0.15) is 37.7 Å². The first kappa shape index (κ1) is 22.5. The lowest BCUT2D eigenvalue weighted by Gasteiger charge is -2.34. The van der Waals surface area contributed by atoms with E-state index in [0.29, 0.717) is 50.5 Å². The molecule has 3 saturated heterocycles. The molecule has 0 unspecified atom stereocenters. The lowest BCUT2D eigenvalue weighted by Crippen LogP contribution is -2.49. The summed E-state index contributed by atoms with van der Waals surface area (Å²) in [5.74, 6) is 0.233. The Morgan fingerprint density at radius 1 is 1.23 bits per heavy atom. The van der Waals surface area contributed by atoms with E-state index >= 15 is 0 Å². The zero-order valence-corrected chi connectivity index (χ0v) is 18.9. The lowest BCUT2D eigenvalue weighted by molar-refractivity contribution is -0.133. The Hall–Kier alpha value is -1.67. The zero-order chi connectivity index (χ0) is 22.0. The van der Waals surface area contributed by atoms with Gasteiger partial charge in [-0.15, -0.1) is 0 Å². The Morgan fingerprint density at radius 2 is 2.00 bits per heavy atom. The fourth-order valence-corrected chi connectivity index (χ4v) is 5.47. The highest BCUT2D eigenvalue weighted by atomic mass is 35.5. The maximum Gasteiger partial charge on any atom is 0.239 e. The molecule has 3 atom stereocenters. The third kappa shape index (κ3) is 5.22. The second kappa shape index (κ2) is 9.86. The van der Waals surface area contributed by atoms with Gasteiger partial charge in [0.25, 0.3) is 0 Å². The number of carbonyl (C=O) groups excluding carboxylic acids is 2. The largest absolute Gasteiger partial charge is 0.393 e. The number of rotatable bonds is 5. The van der Waals surface area contributed by atoms with Crippen molar-refractivity contribution < 1.29 is 14.7 Å². The lowest BCUT2D eigenvalue weighted by atomic mass is 10.0. The van der Waals surface area contributed by atoms with Crippen molar-refractivity contribution in [2.75, 3.05) is 33.2 Å². The smallest absolute Gasteiger partial charge is 0.239 e. The number of likely N-dealkylation sites (N-methyl/N-ethyl adjacent to an activating group) is 1. The number of benzene rings is 1. The molecule has 1 aromatic rings. The molecule has 2 N–H and O–H groups in total. The van der Waals surface area contributed by atoms with Crippen molar-refractivity contribution in [1.82, 2.24) is 20.0 Å². The van der Waals surface area contributed by atoms with E-state index in [2.05, 4.69) is 22.2 Å². The summed E-state index contributed by atoms with van der Waals surface area (Å²) in [5, 5.41) is 13.5. The molecule has 4 rings (SSSR count). The van der Waals surface area contributed by atoms with Crippen molar-refractivity contribution in [2.45, 2.75) is 62.9 Å². The van der Waals surface area contributed by atoms with Crippen molar-refractivity contribution in [3.63, 3.8) is 0 Å². The van der Waals surface area contributed by atoms with Crippen LogP contribution < -0.4 is 5.32 Å². The van der Waals surface area contributed by atoms with Crippen LogP contribution in [0.15, 0.2) is 24.3 Å². The maximum atomic E-state index is 13.0. The van der Waals surface area contributed by atoms with Crippen molar-refractivity contribution in [3.8, 4) is 0 Å². The summed E-state index contributed by atoms with van der Waals surface area (Å²) in [6, 6.07) is 7.92. The minimum absolute atomic E-state index is 0.0789. The van der Waals surface area contributed by atoms with E-state index in [1.54, 1.807) is 0 Å². The van der Waals surface area contributed by atoms with E-state index in [4.69, 9.17) is 11.6 Å². The number of aliphatic hydroxyl groups excluding tert-OH is 1. The summed E-state index contributed by atoms with van der Waals surface area (Å²) < 4.78 is 0. The summed E-state index contributed by atoms with van der Waals surface area (Å²) in [4.78, 5) is 32.0. The molecule has 31 heavy (non-hydrogen) atoms. The molecule has 0 aromatic heterocycles. The number of piperidine rings is 1. The van der Waals surface area contributed by atoms with E-state index in [1.807, 2.05) is 29.2 Å². The zero-order valence-electron chi connectivity index (χ0n) is 18.2. The van der Waals surface area contributed by atoms with Gasteiger partial charge in [-0.25, -0.2) is 0 Å². The van der Waals surface area contributed by atoms with Crippen LogP contribution in [-0.2, 0) is 16.1 Å². The molecule has 3 fully saturated rings. The Morgan fingerprint density at radius 3 is 2.74 bits per heavy atom. The predicted molar refractivity (Wildman–Crippen MR) is 120 cm³/mol. The van der Waals surface area contributed by atoms with Gasteiger partial charge < -0.3 is 15.3 Å². The predicted octanol–water partition coefficient (Wildman–Crippen LogP) is 1.48. The Kier molecular flexibility index (Phi) is 7.16.